The Balaban J connectivity index is 1.83. The van der Waals surface area contributed by atoms with Crippen molar-refractivity contribution in [3.63, 3.8) is 0 Å². The van der Waals surface area contributed by atoms with E-state index in [1.807, 2.05) is 0 Å². The molecule has 0 radical (unpaired) electrons. The van der Waals surface area contributed by atoms with Crippen LogP contribution in [0.2, 0.25) is 0 Å². The number of rotatable bonds is 4. The van der Waals surface area contributed by atoms with E-state index in [4.69, 9.17) is 4.74 Å². The van der Waals surface area contributed by atoms with Crippen LogP contribution in [-0.4, -0.2) is 50.8 Å². The molecule has 0 unspecified atom stereocenters. The lowest BCUT2D eigenvalue weighted by Gasteiger charge is -2.28. The van der Waals surface area contributed by atoms with E-state index in [9.17, 15) is 22.8 Å². The maximum absolute atomic E-state index is 12.0. The molecule has 1 heterocycles. The molecule has 0 aliphatic carbocycles. The van der Waals surface area contributed by atoms with Gasteiger partial charge in [0.25, 0.3) is 0 Å². The lowest BCUT2D eigenvalue weighted by Crippen LogP contribution is -2.41. The number of hydrogen-bond donors (Lipinski definition) is 2. The van der Waals surface area contributed by atoms with Crippen LogP contribution in [0.1, 0.15) is 0 Å². The summed E-state index contributed by atoms with van der Waals surface area (Å²) in [4.78, 5) is 24.2. The van der Waals surface area contributed by atoms with E-state index in [2.05, 4.69) is 10.2 Å². The Labute approximate surface area is 130 Å². The third-order valence-corrected chi connectivity index (χ3v) is 3.19. The number of halogens is 3. The van der Waals surface area contributed by atoms with Crippen molar-refractivity contribution >= 4 is 23.2 Å². The summed E-state index contributed by atoms with van der Waals surface area (Å²) in [5.74, 6) is -2.88. The van der Waals surface area contributed by atoms with Crippen molar-refractivity contribution in [2.75, 3.05) is 43.1 Å². The van der Waals surface area contributed by atoms with Gasteiger partial charge in [0.05, 0.1) is 19.8 Å². The van der Waals surface area contributed by atoms with Gasteiger partial charge in [-0.2, -0.15) is 13.2 Å². The van der Waals surface area contributed by atoms with Gasteiger partial charge in [0.1, 0.15) is 0 Å². The zero-order chi connectivity index (χ0) is 16.9. The van der Waals surface area contributed by atoms with E-state index in [1.165, 1.54) is 5.32 Å². The number of nitrogens with zero attached hydrogens (tertiary/aromatic N) is 1. The molecular weight excluding hydrogens is 315 g/mol. The number of carbonyl (C=O) groups is 2. The monoisotopic (exact) mass is 331 g/mol. The van der Waals surface area contributed by atoms with Crippen molar-refractivity contribution in [1.29, 1.82) is 0 Å². The van der Waals surface area contributed by atoms with Crippen LogP contribution in [0, 0.1) is 0 Å². The summed E-state index contributed by atoms with van der Waals surface area (Å²) in [6, 6.07) is 6.90. The van der Waals surface area contributed by atoms with Crippen LogP contribution in [0.4, 0.5) is 24.5 Å². The van der Waals surface area contributed by atoms with Crippen LogP contribution in [-0.2, 0) is 14.3 Å². The second-order valence-corrected chi connectivity index (χ2v) is 4.87. The standard InChI is InChI=1S/C14H16F3N3O3/c15-14(16,17)13(22)18-9-12(21)19-10-1-3-11(4-2-10)20-5-7-23-8-6-20/h1-4H,5-9H2,(H,18,22)(H,19,21). The van der Waals surface area contributed by atoms with Gasteiger partial charge in [-0.1, -0.05) is 0 Å². The topological polar surface area (TPSA) is 70.7 Å². The molecule has 23 heavy (non-hydrogen) atoms. The molecule has 1 aromatic carbocycles. The minimum Gasteiger partial charge on any atom is -0.378 e. The smallest absolute Gasteiger partial charge is 0.378 e. The summed E-state index contributed by atoms with van der Waals surface area (Å²) >= 11 is 0. The fourth-order valence-electron chi connectivity index (χ4n) is 2.04. The highest BCUT2D eigenvalue weighted by Crippen LogP contribution is 2.19. The normalized spacial score (nSPS) is 15.2. The molecule has 1 fully saturated rings. The fourth-order valence-corrected chi connectivity index (χ4v) is 2.04. The van der Waals surface area contributed by atoms with Crippen molar-refractivity contribution in [3.05, 3.63) is 24.3 Å². The summed E-state index contributed by atoms with van der Waals surface area (Å²) < 4.78 is 41.2. The molecular formula is C14H16F3N3O3. The highest BCUT2D eigenvalue weighted by Gasteiger charge is 2.38. The largest absolute Gasteiger partial charge is 0.471 e. The van der Waals surface area contributed by atoms with Crippen molar-refractivity contribution in [2.45, 2.75) is 6.18 Å². The van der Waals surface area contributed by atoms with Crippen LogP contribution in [0.5, 0.6) is 0 Å². The lowest BCUT2D eigenvalue weighted by atomic mass is 10.2. The number of amides is 2. The third-order valence-electron chi connectivity index (χ3n) is 3.19. The van der Waals surface area contributed by atoms with E-state index in [1.54, 1.807) is 24.3 Å². The summed E-state index contributed by atoms with van der Waals surface area (Å²) in [5.41, 5.74) is 1.41. The van der Waals surface area contributed by atoms with E-state index in [-0.39, 0.29) is 0 Å². The number of anilines is 2. The first-order chi connectivity index (χ1) is 10.9. The molecule has 6 nitrogen and oxygen atoms in total. The SMILES string of the molecule is O=C(CNC(=O)C(F)(F)F)Nc1ccc(N2CCOCC2)cc1. The van der Waals surface area contributed by atoms with Crippen molar-refractivity contribution < 1.29 is 27.5 Å². The minimum absolute atomic E-state index is 0.438. The van der Waals surface area contributed by atoms with Gasteiger partial charge in [-0.3, -0.25) is 9.59 Å². The summed E-state index contributed by atoms with van der Waals surface area (Å²) in [7, 11) is 0. The molecule has 0 bridgehead atoms. The van der Waals surface area contributed by atoms with Crippen LogP contribution in [0.15, 0.2) is 24.3 Å². The first-order valence-electron chi connectivity index (χ1n) is 6.94. The maximum Gasteiger partial charge on any atom is 0.471 e. The zero-order valence-electron chi connectivity index (χ0n) is 12.2. The number of benzene rings is 1. The highest BCUT2D eigenvalue weighted by atomic mass is 19.4. The molecule has 1 aliphatic heterocycles. The van der Waals surface area contributed by atoms with Crippen molar-refractivity contribution in [3.8, 4) is 0 Å². The van der Waals surface area contributed by atoms with E-state index < -0.39 is 24.5 Å². The molecule has 1 aliphatic rings. The lowest BCUT2D eigenvalue weighted by molar-refractivity contribution is -0.173. The number of morpholine rings is 1. The molecule has 9 heteroatoms. The van der Waals surface area contributed by atoms with Gasteiger partial charge in [0.15, 0.2) is 0 Å². The molecule has 1 saturated heterocycles. The van der Waals surface area contributed by atoms with E-state index in [0.717, 1.165) is 18.8 Å². The quantitative estimate of drug-likeness (QED) is 0.868. The minimum atomic E-state index is -5.00. The van der Waals surface area contributed by atoms with Gasteiger partial charge in [0.2, 0.25) is 5.91 Å². The van der Waals surface area contributed by atoms with Gasteiger partial charge in [0, 0.05) is 24.5 Å². The van der Waals surface area contributed by atoms with Gasteiger partial charge >= 0.3 is 12.1 Å². The molecule has 0 spiro atoms. The first-order valence-corrected chi connectivity index (χ1v) is 6.94. The summed E-state index contributed by atoms with van der Waals surface area (Å²) in [5, 5.41) is 3.92. The van der Waals surface area contributed by atoms with Crippen LogP contribution >= 0.6 is 0 Å². The predicted molar refractivity (Wildman–Crippen MR) is 77.2 cm³/mol. The van der Waals surface area contributed by atoms with Crippen molar-refractivity contribution in [2.24, 2.45) is 0 Å². The van der Waals surface area contributed by atoms with Gasteiger partial charge in [-0.25, -0.2) is 0 Å². The Morgan fingerprint density at radius 3 is 2.30 bits per heavy atom. The molecule has 1 aromatic rings. The Hall–Kier alpha value is -2.29. The van der Waals surface area contributed by atoms with Crippen LogP contribution < -0.4 is 15.5 Å². The predicted octanol–water partition coefficient (Wildman–Crippen LogP) is 1.14. The van der Waals surface area contributed by atoms with Gasteiger partial charge in [-0.05, 0) is 24.3 Å². The van der Waals surface area contributed by atoms with E-state index >= 15 is 0 Å². The Bertz CT molecular complexity index is 555. The average Bonchev–Trinajstić information content (AvgIpc) is 2.53. The maximum atomic E-state index is 12.0. The zero-order valence-corrected chi connectivity index (χ0v) is 12.2. The molecule has 0 aromatic heterocycles. The molecule has 2 amide bonds. The number of hydrogen-bond acceptors (Lipinski definition) is 4. The van der Waals surface area contributed by atoms with Gasteiger partial charge < -0.3 is 20.3 Å². The third kappa shape index (κ3) is 5.13. The van der Waals surface area contributed by atoms with Crippen molar-refractivity contribution in [1.82, 2.24) is 5.32 Å². The first kappa shape index (κ1) is 17.1. The number of alkyl halides is 3. The summed E-state index contributed by atoms with van der Waals surface area (Å²) in [6.45, 7) is 2.10. The fraction of sp³-hybridized carbons (Fsp3) is 0.429. The molecule has 2 N–H and O–H groups in total. The number of carbonyl (C=O) groups excluding carboxylic acids is 2. The Kier molecular flexibility index (Phi) is 5.43. The average molecular weight is 331 g/mol. The van der Waals surface area contributed by atoms with Crippen LogP contribution in [0.3, 0.4) is 0 Å². The second-order valence-electron chi connectivity index (χ2n) is 4.87. The molecule has 2 rings (SSSR count). The molecule has 0 saturated carbocycles. The highest BCUT2D eigenvalue weighted by molar-refractivity contribution is 5.95. The Morgan fingerprint density at radius 1 is 1.13 bits per heavy atom. The van der Waals surface area contributed by atoms with Gasteiger partial charge in [-0.15, -0.1) is 0 Å². The van der Waals surface area contributed by atoms with Crippen LogP contribution in [0.25, 0.3) is 0 Å². The number of ether oxygens (including phenoxy) is 1. The molecule has 126 valence electrons. The Morgan fingerprint density at radius 2 is 1.74 bits per heavy atom. The summed E-state index contributed by atoms with van der Waals surface area (Å²) in [6.07, 6.45) is -5.00. The van der Waals surface area contributed by atoms with E-state index in [0.29, 0.717) is 18.9 Å². The second kappa shape index (κ2) is 7.32. The number of nitrogens with one attached hydrogen (secondary N) is 2. The molecule has 0 atom stereocenters.